The summed E-state index contributed by atoms with van der Waals surface area (Å²) in [6, 6.07) is 12.8. The highest BCUT2D eigenvalue weighted by atomic mass is 16.5. The van der Waals surface area contributed by atoms with Gasteiger partial charge in [0.05, 0.1) is 19.3 Å². The molecule has 0 spiro atoms. The number of aromatic nitrogens is 3. The van der Waals surface area contributed by atoms with Gasteiger partial charge in [-0.2, -0.15) is 4.98 Å². The first-order valence-corrected chi connectivity index (χ1v) is 9.45. The van der Waals surface area contributed by atoms with Crippen LogP contribution >= 0.6 is 0 Å². The fourth-order valence-corrected chi connectivity index (χ4v) is 3.40. The molecule has 0 N–H and O–H groups in total. The monoisotopic (exact) mass is 406 g/mol. The molecule has 0 bridgehead atoms. The average Bonchev–Trinajstić information content (AvgIpc) is 3.48. The first kappa shape index (κ1) is 18.2. The number of hydrogen-bond acceptors (Lipinski definition) is 8. The predicted molar refractivity (Wildman–Crippen MR) is 103 cm³/mol. The van der Waals surface area contributed by atoms with E-state index < -0.39 is 0 Å². The third-order valence-electron chi connectivity index (χ3n) is 5.04. The minimum atomic E-state index is -0.207. The van der Waals surface area contributed by atoms with Gasteiger partial charge in [0.25, 0.3) is 5.91 Å². The first-order valence-electron chi connectivity index (χ1n) is 9.45. The lowest BCUT2D eigenvalue weighted by molar-refractivity contribution is 0.0558. The molecule has 3 aromatic heterocycles. The molecule has 1 fully saturated rings. The van der Waals surface area contributed by atoms with Crippen molar-refractivity contribution in [2.75, 3.05) is 20.2 Å². The SMILES string of the molecule is COc1ccccc1Cc1noc(C2CN(C(=O)c3cc(-c4ccco4)on3)C2)n1. The number of furan rings is 1. The molecule has 1 aliphatic heterocycles. The molecule has 1 aromatic carbocycles. The molecule has 9 nitrogen and oxygen atoms in total. The van der Waals surface area contributed by atoms with Gasteiger partial charge in [0.2, 0.25) is 11.7 Å². The van der Waals surface area contributed by atoms with Gasteiger partial charge in [0, 0.05) is 31.1 Å². The van der Waals surface area contributed by atoms with E-state index in [9.17, 15) is 4.79 Å². The van der Waals surface area contributed by atoms with Gasteiger partial charge >= 0.3 is 0 Å². The number of carbonyl (C=O) groups excluding carboxylic acids is 1. The number of likely N-dealkylation sites (tertiary alicyclic amines) is 1. The van der Waals surface area contributed by atoms with Crippen molar-refractivity contribution in [1.29, 1.82) is 0 Å². The summed E-state index contributed by atoms with van der Waals surface area (Å²) in [5.41, 5.74) is 1.22. The van der Waals surface area contributed by atoms with Crippen molar-refractivity contribution in [2.45, 2.75) is 12.3 Å². The molecule has 1 amide bonds. The van der Waals surface area contributed by atoms with Gasteiger partial charge in [-0.15, -0.1) is 0 Å². The standard InChI is InChI=1S/C21H18N4O5/c1-27-16-6-3-2-5-13(16)9-19-22-20(30-24-19)14-11-25(12-14)21(26)15-10-18(29-23-15)17-7-4-8-28-17/h2-8,10,14H,9,11-12H2,1H3. The second-order valence-electron chi connectivity index (χ2n) is 7.00. The number of para-hydroxylation sites is 1. The van der Waals surface area contributed by atoms with Crippen LogP contribution < -0.4 is 4.74 Å². The van der Waals surface area contributed by atoms with Crippen LogP contribution in [0.2, 0.25) is 0 Å². The molecule has 0 radical (unpaired) electrons. The van der Waals surface area contributed by atoms with Gasteiger partial charge in [-0.05, 0) is 18.2 Å². The van der Waals surface area contributed by atoms with Gasteiger partial charge in [0.15, 0.2) is 17.3 Å². The van der Waals surface area contributed by atoms with Crippen LogP contribution in [0.15, 0.2) is 62.2 Å². The Morgan fingerprint density at radius 1 is 1.13 bits per heavy atom. The first-order chi connectivity index (χ1) is 14.7. The molecule has 0 unspecified atom stereocenters. The average molecular weight is 406 g/mol. The molecule has 0 aliphatic carbocycles. The van der Waals surface area contributed by atoms with E-state index in [4.69, 9.17) is 18.2 Å². The summed E-state index contributed by atoms with van der Waals surface area (Å²) < 4.78 is 21.2. The maximum absolute atomic E-state index is 12.6. The van der Waals surface area contributed by atoms with E-state index in [1.807, 2.05) is 24.3 Å². The van der Waals surface area contributed by atoms with Gasteiger partial charge in [0.1, 0.15) is 5.75 Å². The predicted octanol–water partition coefficient (Wildman–Crippen LogP) is 3.16. The molecular formula is C21H18N4O5. The summed E-state index contributed by atoms with van der Waals surface area (Å²) in [7, 11) is 1.63. The lowest BCUT2D eigenvalue weighted by atomic mass is 9.99. The zero-order chi connectivity index (χ0) is 20.5. The maximum atomic E-state index is 12.6. The van der Waals surface area contributed by atoms with Gasteiger partial charge < -0.3 is 23.1 Å². The Morgan fingerprint density at radius 2 is 2.00 bits per heavy atom. The lowest BCUT2D eigenvalue weighted by Gasteiger charge is -2.36. The van der Waals surface area contributed by atoms with Gasteiger partial charge in [-0.3, -0.25) is 4.79 Å². The highest BCUT2D eigenvalue weighted by Gasteiger charge is 2.37. The number of nitrogens with zero attached hydrogens (tertiary/aromatic N) is 4. The van der Waals surface area contributed by atoms with Crippen molar-refractivity contribution in [3.8, 4) is 17.3 Å². The number of amides is 1. The molecule has 1 aliphatic rings. The molecule has 0 saturated carbocycles. The third-order valence-corrected chi connectivity index (χ3v) is 5.04. The molecule has 4 heterocycles. The molecule has 1 saturated heterocycles. The molecule has 5 rings (SSSR count). The summed E-state index contributed by atoms with van der Waals surface area (Å²) in [5.74, 6) is 2.63. The van der Waals surface area contributed by atoms with Crippen LogP contribution in [0, 0.1) is 0 Å². The highest BCUT2D eigenvalue weighted by molar-refractivity contribution is 5.93. The molecular weight excluding hydrogens is 388 g/mol. The Morgan fingerprint density at radius 3 is 2.80 bits per heavy atom. The van der Waals surface area contributed by atoms with Crippen molar-refractivity contribution in [1.82, 2.24) is 20.2 Å². The highest BCUT2D eigenvalue weighted by Crippen LogP contribution is 2.29. The third kappa shape index (κ3) is 3.34. The minimum Gasteiger partial charge on any atom is -0.496 e. The summed E-state index contributed by atoms with van der Waals surface area (Å²) >= 11 is 0. The van der Waals surface area contributed by atoms with Crippen LogP contribution in [0.3, 0.4) is 0 Å². The van der Waals surface area contributed by atoms with Crippen molar-refractivity contribution in [3.63, 3.8) is 0 Å². The Hall–Kier alpha value is -3.88. The second kappa shape index (κ2) is 7.51. The number of carbonyl (C=O) groups is 1. The lowest BCUT2D eigenvalue weighted by Crippen LogP contribution is -2.48. The van der Waals surface area contributed by atoms with E-state index in [0.29, 0.717) is 42.7 Å². The number of methoxy groups -OCH3 is 1. The van der Waals surface area contributed by atoms with E-state index in [1.165, 1.54) is 6.26 Å². The van der Waals surface area contributed by atoms with Crippen molar-refractivity contribution >= 4 is 5.91 Å². The fraction of sp³-hybridized carbons (Fsp3) is 0.238. The van der Waals surface area contributed by atoms with Crippen LogP contribution in [-0.4, -0.2) is 46.3 Å². The van der Waals surface area contributed by atoms with E-state index in [1.54, 1.807) is 30.2 Å². The fourth-order valence-electron chi connectivity index (χ4n) is 3.40. The van der Waals surface area contributed by atoms with Crippen molar-refractivity contribution in [2.24, 2.45) is 0 Å². The van der Waals surface area contributed by atoms with Crippen molar-refractivity contribution in [3.05, 3.63) is 71.7 Å². The number of ether oxygens (including phenoxy) is 1. The smallest absolute Gasteiger partial charge is 0.276 e. The van der Waals surface area contributed by atoms with Crippen LogP contribution in [0.4, 0.5) is 0 Å². The normalized spacial score (nSPS) is 14.0. The summed E-state index contributed by atoms with van der Waals surface area (Å²) in [6.45, 7) is 0.968. The Balaban J connectivity index is 1.21. The van der Waals surface area contributed by atoms with E-state index in [2.05, 4.69) is 15.3 Å². The van der Waals surface area contributed by atoms with Crippen LogP contribution in [0.25, 0.3) is 11.5 Å². The summed E-state index contributed by atoms with van der Waals surface area (Å²) in [5, 5.41) is 7.92. The molecule has 9 heteroatoms. The quantitative estimate of drug-likeness (QED) is 0.480. The van der Waals surface area contributed by atoms with Crippen molar-refractivity contribution < 1.29 is 23.0 Å². The number of hydrogen-bond donors (Lipinski definition) is 0. The van der Waals surface area contributed by atoms with E-state index in [-0.39, 0.29) is 17.5 Å². The summed E-state index contributed by atoms with van der Waals surface area (Å²) in [6.07, 6.45) is 2.04. The Kier molecular flexibility index (Phi) is 4.55. The molecule has 152 valence electrons. The van der Waals surface area contributed by atoms with Crippen LogP contribution in [0.1, 0.15) is 33.7 Å². The largest absolute Gasteiger partial charge is 0.496 e. The Labute approximate surface area is 171 Å². The second-order valence-corrected chi connectivity index (χ2v) is 7.00. The minimum absolute atomic E-state index is 0.00399. The van der Waals surface area contributed by atoms with Crippen LogP contribution in [0.5, 0.6) is 5.75 Å². The topological polar surface area (TPSA) is 108 Å². The zero-order valence-electron chi connectivity index (χ0n) is 16.1. The Bertz CT molecular complexity index is 1160. The summed E-state index contributed by atoms with van der Waals surface area (Å²) in [4.78, 5) is 18.8. The molecule has 0 atom stereocenters. The van der Waals surface area contributed by atoms with Gasteiger partial charge in [-0.1, -0.05) is 28.5 Å². The van der Waals surface area contributed by atoms with E-state index in [0.717, 1.165) is 11.3 Å². The maximum Gasteiger partial charge on any atom is 0.276 e. The number of rotatable bonds is 6. The molecule has 30 heavy (non-hydrogen) atoms. The van der Waals surface area contributed by atoms with Gasteiger partial charge in [-0.25, -0.2) is 0 Å². The zero-order valence-corrected chi connectivity index (χ0v) is 16.1. The molecule has 4 aromatic rings. The number of benzene rings is 1. The van der Waals surface area contributed by atoms with E-state index >= 15 is 0 Å². The van der Waals surface area contributed by atoms with Crippen LogP contribution in [-0.2, 0) is 6.42 Å².